The maximum Gasteiger partial charge on any atom is 0.264 e. The van der Waals surface area contributed by atoms with Crippen LogP contribution >= 0.6 is 35.2 Å². The lowest BCUT2D eigenvalue weighted by molar-refractivity contribution is -0.106. The average Bonchev–Trinajstić information content (AvgIpc) is 3.22. The molecule has 296 valence electrons. The number of nitrogens with zero attached hydrogens (tertiary/aromatic N) is 1. The minimum absolute atomic E-state index is 0.108. The highest BCUT2D eigenvalue weighted by Gasteiger charge is 2.22. The van der Waals surface area contributed by atoms with Gasteiger partial charge in [0.1, 0.15) is 27.1 Å². The molecule has 9 heteroatoms. The highest BCUT2D eigenvalue weighted by atomic mass is 35.5. The average molecular weight is 835 g/mol. The van der Waals surface area contributed by atoms with Crippen molar-refractivity contribution in [1.82, 2.24) is 4.98 Å². The molecule has 1 aromatic heterocycles. The third-order valence-electron chi connectivity index (χ3n) is 9.77. The number of rotatable bonds is 7. The first-order chi connectivity index (χ1) is 28.2. The van der Waals surface area contributed by atoms with Crippen LogP contribution in [-0.2, 0) is 9.59 Å². The number of carbonyl (C=O) groups excluding carboxylic acids is 2. The zero-order valence-corrected chi connectivity index (χ0v) is 36.0. The fourth-order valence-electron chi connectivity index (χ4n) is 7.35. The van der Waals surface area contributed by atoms with E-state index in [2.05, 4.69) is 30.1 Å². The summed E-state index contributed by atoms with van der Waals surface area (Å²) in [5.74, 6) is 1.46. The number of carbonyl (C=O) groups is 1. The lowest BCUT2D eigenvalue weighted by Gasteiger charge is -2.18. The summed E-state index contributed by atoms with van der Waals surface area (Å²) in [7, 11) is 0. The van der Waals surface area contributed by atoms with Crippen LogP contribution in [-0.4, -0.2) is 26.3 Å². The number of aromatic nitrogens is 1. The van der Waals surface area contributed by atoms with E-state index >= 15 is 0 Å². The fourth-order valence-corrected chi connectivity index (χ4v) is 8.48. The number of nitrogens with two attached hydrogens (primary N) is 1. The van der Waals surface area contributed by atoms with Crippen molar-refractivity contribution in [3.63, 3.8) is 0 Å². The topological polar surface area (TPSA) is 110 Å². The van der Waals surface area contributed by atoms with E-state index in [9.17, 15) is 19.5 Å². The maximum absolute atomic E-state index is 13.1. The van der Waals surface area contributed by atoms with Gasteiger partial charge in [0.15, 0.2) is 0 Å². The fraction of sp³-hybridized carbons (Fsp3) is 0.120. The monoisotopic (exact) mass is 834 g/mol. The van der Waals surface area contributed by atoms with Crippen molar-refractivity contribution in [3.05, 3.63) is 188 Å². The number of hydrogen-bond donors (Lipinski definition) is 2. The van der Waals surface area contributed by atoms with Crippen LogP contribution in [0, 0.1) is 41.5 Å². The lowest BCUT2D eigenvalue weighted by Crippen LogP contribution is -2.08. The van der Waals surface area contributed by atoms with Crippen molar-refractivity contribution in [2.24, 2.45) is 5.73 Å². The molecule has 0 fully saturated rings. The number of halogens is 1. The van der Waals surface area contributed by atoms with Gasteiger partial charge in [-0.1, -0.05) is 157 Å². The van der Waals surface area contributed by atoms with E-state index in [0.717, 1.165) is 83.7 Å². The Labute approximate surface area is 359 Å². The molecule has 1 heterocycles. The van der Waals surface area contributed by atoms with E-state index < -0.39 is 5.24 Å². The van der Waals surface area contributed by atoms with Crippen LogP contribution in [0.4, 0.5) is 0 Å². The smallest absolute Gasteiger partial charge is 0.264 e. The first-order valence-electron chi connectivity index (χ1n) is 18.7. The second-order valence-corrected chi connectivity index (χ2v) is 15.6. The molecule has 0 amide bonds. The van der Waals surface area contributed by atoms with Crippen molar-refractivity contribution in [2.75, 3.05) is 0 Å². The summed E-state index contributed by atoms with van der Waals surface area (Å²) in [6, 6.07) is 43.0. The lowest BCUT2D eigenvalue weighted by atomic mass is 9.87. The van der Waals surface area contributed by atoms with Gasteiger partial charge in [-0.25, -0.2) is 9.78 Å². The Balaban J connectivity index is 0.000000192. The molecule has 0 saturated heterocycles. The first-order valence-corrected chi connectivity index (χ1v) is 20.3. The second kappa shape index (κ2) is 19.9. The molecule has 0 aliphatic carbocycles. The Hall–Kier alpha value is -6.28. The molecule has 7 rings (SSSR count). The van der Waals surface area contributed by atoms with Crippen LogP contribution in [0.15, 0.2) is 138 Å². The Kier molecular flexibility index (Phi) is 14.8. The van der Waals surface area contributed by atoms with Crippen LogP contribution in [0.25, 0.3) is 49.5 Å². The third-order valence-corrected chi connectivity index (χ3v) is 11.1. The minimum atomic E-state index is -0.779. The molecule has 6 nitrogen and oxygen atoms in total. The van der Waals surface area contributed by atoms with E-state index in [0.29, 0.717) is 15.6 Å². The molecule has 0 saturated carbocycles. The molecule has 0 aliphatic heterocycles. The molecule has 0 unspecified atom stereocenters. The molecular formula is C50H43ClN2O4S2. The number of benzene rings is 6. The standard InChI is InChI=1S/C25H21NO2S.C18H15ClO2.C7H7NS/c1-15-14-16(2)21(17(3)20(15)18-10-6-4-7-11-18)22-23(27)26-24(29-25(22)28)19-12-8-5-9-13-19;1-11-9-12(2)17(15(10-20)18(19)21)13(3)16(11)14-7-5-4-6-8-14;8-7(9)6-4-2-1-3-5-6/h4-14,27H,1-3H3;4-9H,1-3H3;1-5H,(H2,8,9). The van der Waals surface area contributed by atoms with Gasteiger partial charge in [0, 0.05) is 16.7 Å². The predicted octanol–water partition coefficient (Wildman–Crippen LogP) is 11.7. The van der Waals surface area contributed by atoms with Crippen LogP contribution in [0.5, 0.6) is 5.88 Å². The zero-order valence-electron chi connectivity index (χ0n) is 33.6. The van der Waals surface area contributed by atoms with Gasteiger partial charge in [0.05, 0.1) is 0 Å². The Bertz CT molecular complexity index is 2750. The van der Waals surface area contributed by atoms with Crippen molar-refractivity contribution in [2.45, 2.75) is 41.5 Å². The first kappa shape index (κ1) is 43.8. The molecule has 7 aromatic rings. The highest BCUT2D eigenvalue weighted by molar-refractivity contribution is 7.80. The number of aryl methyl sites for hydroxylation is 4. The van der Waals surface area contributed by atoms with Gasteiger partial charge in [0.2, 0.25) is 10.6 Å². The molecule has 0 bridgehead atoms. The summed E-state index contributed by atoms with van der Waals surface area (Å²) < 4.78 is -0.189. The predicted molar refractivity (Wildman–Crippen MR) is 249 cm³/mol. The van der Waals surface area contributed by atoms with Crippen molar-refractivity contribution >= 4 is 56.9 Å². The molecule has 0 atom stereocenters. The number of allylic oxidation sites excluding steroid dienone is 1. The summed E-state index contributed by atoms with van der Waals surface area (Å²) >= 11 is 11.3. The number of aromatic hydroxyl groups is 1. The summed E-state index contributed by atoms with van der Waals surface area (Å²) in [5.41, 5.74) is 18.7. The Morgan fingerprint density at radius 1 is 0.644 bits per heavy atom. The minimum Gasteiger partial charge on any atom is -0.493 e. The van der Waals surface area contributed by atoms with E-state index in [1.54, 1.807) is 5.94 Å². The molecule has 59 heavy (non-hydrogen) atoms. The van der Waals surface area contributed by atoms with Gasteiger partial charge >= 0.3 is 0 Å². The summed E-state index contributed by atoms with van der Waals surface area (Å²) in [4.78, 5) is 40.5. The Morgan fingerprint density at radius 2 is 1.07 bits per heavy atom. The molecule has 0 radical (unpaired) electrons. The number of hydrogen-bond acceptors (Lipinski definition) is 7. The quantitative estimate of drug-likeness (QED) is 0.0712. The van der Waals surface area contributed by atoms with E-state index in [4.69, 9.17) is 29.6 Å². The van der Waals surface area contributed by atoms with Crippen molar-refractivity contribution < 1.29 is 14.7 Å². The third kappa shape index (κ3) is 10.2. The number of thiocarbonyl (C=S) groups is 1. The van der Waals surface area contributed by atoms with Crippen LogP contribution < -0.4 is 10.5 Å². The summed E-state index contributed by atoms with van der Waals surface area (Å²) in [6.45, 7) is 11.8. The van der Waals surface area contributed by atoms with Crippen molar-refractivity contribution in [3.8, 4) is 49.8 Å². The van der Waals surface area contributed by atoms with Gasteiger partial charge in [-0.15, -0.1) is 0 Å². The maximum atomic E-state index is 13.1. The van der Waals surface area contributed by atoms with Crippen LogP contribution in [0.3, 0.4) is 0 Å². The molecule has 6 aromatic carbocycles. The van der Waals surface area contributed by atoms with Gasteiger partial charge in [-0.3, -0.25) is 9.59 Å². The molecule has 0 aliphatic rings. The van der Waals surface area contributed by atoms with Crippen molar-refractivity contribution in [1.29, 1.82) is 0 Å². The normalized spacial score (nSPS) is 10.3. The van der Waals surface area contributed by atoms with E-state index in [-0.39, 0.29) is 21.8 Å². The second-order valence-electron chi connectivity index (χ2n) is 13.9. The zero-order chi connectivity index (χ0) is 42.8. The Morgan fingerprint density at radius 3 is 1.49 bits per heavy atom. The molecular weight excluding hydrogens is 792 g/mol. The van der Waals surface area contributed by atoms with Gasteiger partial charge in [-0.05, 0) is 114 Å². The summed E-state index contributed by atoms with van der Waals surface area (Å²) in [5, 5.41) is 10.5. The van der Waals surface area contributed by atoms with E-state index in [1.165, 1.54) is 0 Å². The largest absolute Gasteiger partial charge is 0.493 e. The van der Waals surface area contributed by atoms with Gasteiger partial charge < -0.3 is 10.8 Å². The molecule has 3 N–H and O–H groups in total. The van der Waals surface area contributed by atoms with Gasteiger partial charge in [0.25, 0.3) is 5.24 Å². The summed E-state index contributed by atoms with van der Waals surface area (Å²) in [6.07, 6.45) is 0. The van der Waals surface area contributed by atoms with Crippen LogP contribution in [0.2, 0.25) is 0 Å². The van der Waals surface area contributed by atoms with Crippen LogP contribution in [0.1, 0.15) is 44.5 Å². The molecule has 0 spiro atoms. The SMILES string of the molecule is Cc1cc(C)c(-c2c(O)nc(-c3ccccc3)sc2=O)c(C)c1-c1ccccc1.Cc1cc(C)c(-c2ccccc2)c(C)c1C(=C=O)C(=O)Cl.NC(=S)c1ccccc1. The van der Waals surface area contributed by atoms with Gasteiger partial charge in [-0.2, -0.15) is 0 Å². The van der Waals surface area contributed by atoms with E-state index in [1.807, 2.05) is 150 Å². The highest BCUT2D eigenvalue weighted by Crippen LogP contribution is 2.39.